The summed E-state index contributed by atoms with van der Waals surface area (Å²) in [5.41, 5.74) is 0.678. The van der Waals surface area contributed by atoms with Crippen molar-refractivity contribution in [1.82, 2.24) is 15.6 Å². The molecule has 0 spiro atoms. The summed E-state index contributed by atoms with van der Waals surface area (Å²) in [6, 6.07) is 11.5. The van der Waals surface area contributed by atoms with Gasteiger partial charge in [0.2, 0.25) is 0 Å². The van der Waals surface area contributed by atoms with E-state index >= 15 is 0 Å². The zero-order valence-electron chi connectivity index (χ0n) is 13.8. The van der Waals surface area contributed by atoms with Gasteiger partial charge in [-0.1, -0.05) is 30.8 Å². The first kappa shape index (κ1) is 24.2. The molecular formula is C17H22BrCl2N3OS. The second-order valence-corrected chi connectivity index (χ2v) is 6.90. The van der Waals surface area contributed by atoms with Crippen LogP contribution in [0.5, 0.6) is 0 Å². The molecule has 2 rings (SSSR count). The van der Waals surface area contributed by atoms with Crippen LogP contribution in [0.2, 0.25) is 0 Å². The van der Waals surface area contributed by atoms with Gasteiger partial charge in [-0.15, -0.1) is 24.8 Å². The topological polar surface area (TPSA) is 54.0 Å². The minimum atomic E-state index is -0.0523. The number of hydrogen-bond donors (Lipinski definition) is 2. The lowest BCUT2D eigenvalue weighted by molar-refractivity contribution is 0.0951. The van der Waals surface area contributed by atoms with Crippen molar-refractivity contribution in [3.63, 3.8) is 0 Å². The normalized spacial score (nSPS) is 9.68. The first-order chi connectivity index (χ1) is 11.2. The molecule has 0 aliphatic heterocycles. The number of amides is 1. The molecule has 1 aromatic heterocycles. The molecule has 1 amide bonds. The Morgan fingerprint density at radius 3 is 2.56 bits per heavy atom. The summed E-state index contributed by atoms with van der Waals surface area (Å²) in [4.78, 5) is 17.6. The highest BCUT2D eigenvalue weighted by atomic mass is 79.9. The predicted octanol–water partition coefficient (Wildman–Crippen LogP) is 4.57. The molecule has 0 saturated heterocycles. The van der Waals surface area contributed by atoms with E-state index in [1.54, 1.807) is 6.20 Å². The third kappa shape index (κ3) is 8.42. The van der Waals surface area contributed by atoms with Gasteiger partial charge in [0.05, 0.1) is 5.56 Å². The number of nitrogens with zero attached hydrogens (tertiary/aromatic N) is 1. The van der Waals surface area contributed by atoms with Crippen LogP contribution in [0.15, 0.2) is 57.0 Å². The zero-order valence-corrected chi connectivity index (χ0v) is 17.9. The fourth-order valence-corrected chi connectivity index (χ4v) is 3.06. The maximum absolute atomic E-state index is 12.4. The summed E-state index contributed by atoms with van der Waals surface area (Å²) < 4.78 is 0.937. The van der Waals surface area contributed by atoms with Gasteiger partial charge in [0, 0.05) is 28.7 Å². The van der Waals surface area contributed by atoms with Gasteiger partial charge in [-0.3, -0.25) is 4.79 Å². The predicted molar refractivity (Wildman–Crippen MR) is 112 cm³/mol. The molecule has 0 unspecified atom stereocenters. The molecule has 0 radical (unpaired) electrons. The van der Waals surface area contributed by atoms with E-state index in [-0.39, 0.29) is 30.7 Å². The van der Waals surface area contributed by atoms with Gasteiger partial charge in [-0.25, -0.2) is 4.98 Å². The van der Waals surface area contributed by atoms with Crippen LogP contribution < -0.4 is 10.6 Å². The molecule has 0 aliphatic carbocycles. The van der Waals surface area contributed by atoms with E-state index in [1.165, 1.54) is 11.8 Å². The summed E-state index contributed by atoms with van der Waals surface area (Å²) >= 11 is 4.86. The summed E-state index contributed by atoms with van der Waals surface area (Å²) in [5, 5.41) is 7.08. The van der Waals surface area contributed by atoms with E-state index in [9.17, 15) is 4.79 Å². The van der Waals surface area contributed by atoms with Crippen molar-refractivity contribution < 1.29 is 4.79 Å². The summed E-state index contributed by atoms with van der Waals surface area (Å²) in [7, 11) is 0. The van der Waals surface area contributed by atoms with E-state index in [0.717, 1.165) is 33.9 Å². The molecule has 0 saturated carbocycles. The smallest absolute Gasteiger partial charge is 0.252 e. The fraction of sp³-hybridized carbons (Fsp3) is 0.294. The quantitative estimate of drug-likeness (QED) is 0.559. The lowest BCUT2D eigenvalue weighted by atomic mass is 10.2. The van der Waals surface area contributed by atoms with Crippen LogP contribution in [0.1, 0.15) is 23.7 Å². The molecule has 2 N–H and O–H groups in total. The van der Waals surface area contributed by atoms with Gasteiger partial charge in [0.1, 0.15) is 5.03 Å². The molecule has 0 aliphatic rings. The van der Waals surface area contributed by atoms with E-state index < -0.39 is 0 Å². The van der Waals surface area contributed by atoms with Crippen LogP contribution in [-0.2, 0) is 0 Å². The number of halogens is 3. The second kappa shape index (κ2) is 13.4. The standard InChI is InChI=1S/C17H20BrN3OS.2ClH/c1-2-9-19-10-11-20-17(22)14-5-3-4-6-15(14)23-16-8-7-13(18)12-21-16;;/h3-8,12,19H,2,9-11H2,1H3,(H,20,22);2*1H. The minimum absolute atomic E-state index is 0. The van der Waals surface area contributed by atoms with E-state index in [2.05, 4.69) is 38.5 Å². The molecule has 4 nitrogen and oxygen atoms in total. The first-order valence-corrected chi connectivity index (χ1v) is 9.19. The average Bonchev–Trinajstić information content (AvgIpc) is 2.57. The molecule has 0 atom stereocenters. The molecule has 1 heterocycles. The van der Waals surface area contributed by atoms with E-state index in [0.29, 0.717) is 12.1 Å². The van der Waals surface area contributed by atoms with Gasteiger partial charge >= 0.3 is 0 Å². The highest BCUT2D eigenvalue weighted by Crippen LogP contribution is 2.29. The number of carbonyl (C=O) groups excluding carboxylic acids is 1. The molecule has 0 fully saturated rings. The van der Waals surface area contributed by atoms with Crippen molar-refractivity contribution in [2.24, 2.45) is 0 Å². The van der Waals surface area contributed by atoms with Gasteiger partial charge in [-0.2, -0.15) is 0 Å². The van der Waals surface area contributed by atoms with Crippen LogP contribution in [0.25, 0.3) is 0 Å². The Labute approximate surface area is 173 Å². The Balaban J connectivity index is 0.00000288. The molecule has 8 heteroatoms. The van der Waals surface area contributed by atoms with Crippen molar-refractivity contribution in [2.75, 3.05) is 19.6 Å². The van der Waals surface area contributed by atoms with Crippen LogP contribution in [0.4, 0.5) is 0 Å². The number of carbonyl (C=O) groups is 1. The van der Waals surface area contributed by atoms with Crippen molar-refractivity contribution in [1.29, 1.82) is 0 Å². The number of hydrogen-bond acceptors (Lipinski definition) is 4. The number of rotatable bonds is 8. The largest absolute Gasteiger partial charge is 0.351 e. The lowest BCUT2D eigenvalue weighted by Crippen LogP contribution is -2.32. The maximum atomic E-state index is 12.4. The summed E-state index contributed by atoms with van der Waals surface area (Å²) in [6.45, 7) is 4.49. The Kier molecular flexibility index (Phi) is 13.0. The van der Waals surface area contributed by atoms with Crippen LogP contribution >= 0.6 is 52.5 Å². The molecule has 138 valence electrons. The SMILES string of the molecule is CCCNCCNC(=O)c1ccccc1Sc1ccc(Br)cn1.Cl.Cl. The van der Waals surface area contributed by atoms with Gasteiger partial charge in [0.15, 0.2) is 0 Å². The van der Waals surface area contributed by atoms with Gasteiger partial charge in [0.25, 0.3) is 5.91 Å². The van der Waals surface area contributed by atoms with Crippen molar-refractivity contribution in [3.8, 4) is 0 Å². The molecule has 1 aromatic carbocycles. The Bertz CT molecular complexity index is 644. The van der Waals surface area contributed by atoms with Crippen LogP contribution in [0, 0.1) is 0 Å². The number of aromatic nitrogens is 1. The van der Waals surface area contributed by atoms with Crippen molar-refractivity contribution >= 4 is 58.4 Å². The zero-order chi connectivity index (χ0) is 16.5. The van der Waals surface area contributed by atoms with Gasteiger partial charge < -0.3 is 10.6 Å². The second-order valence-electron chi connectivity index (χ2n) is 4.92. The summed E-state index contributed by atoms with van der Waals surface area (Å²) in [6.07, 6.45) is 2.85. The first-order valence-electron chi connectivity index (χ1n) is 7.58. The maximum Gasteiger partial charge on any atom is 0.252 e. The lowest BCUT2D eigenvalue weighted by Gasteiger charge is -2.10. The van der Waals surface area contributed by atoms with Crippen molar-refractivity contribution in [3.05, 3.63) is 52.6 Å². The molecule has 2 aromatic rings. The summed E-state index contributed by atoms with van der Waals surface area (Å²) in [5.74, 6) is -0.0523. The van der Waals surface area contributed by atoms with Crippen LogP contribution in [-0.4, -0.2) is 30.5 Å². The molecular weight excluding hydrogens is 445 g/mol. The van der Waals surface area contributed by atoms with Crippen molar-refractivity contribution in [2.45, 2.75) is 23.3 Å². The Morgan fingerprint density at radius 2 is 1.88 bits per heavy atom. The number of pyridine rings is 1. The minimum Gasteiger partial charge on any atom is -0.351 e. The Hall–Kier alpha value is -0.790. The monoisotopic (exact) mass is 465 g/mol. The van der Waals surface area contributed by atoms with E-state index in [1.807, 2.05) is 36.4 Å². The third-order valence-corrected chi connectivity index (χ3v) is 4.56. The molecule has 0 bridgehead atoms. The highest BCUT2D eigenvalue weighted by Gasteiger charge is 2.11. The Morgan fingerprint density at radius 1 is 1.12 bits per heavy atom. The number of benzene rings is 1. The third-order valence-electron chi connectivity index (χ3n) is 3.06. The fourth-order valence-electron chi connectivity index (χ4n) is 1.94. The number of nitrogens with one attached hydrogen (secondary N) is 2. The van der Waals surface area contributed by atoms with E-state index in [4.69, 9.17) is 0 Å². The van der Waals surface area contributed by atoms with Crippen LogP contribution in [0.3, 0.4) is 0 Å². The highest BCUT2D eigenvalue weighted by molar-refractivity contribution is 9.10. The average molecular weight is 467 g/mol. The molecule has 25 heavy (non-hydrogen) atoms. The van der Waals surface area contributed by atoms with Gasteiger partial charge in [-0.05, 0) is 53.2 Å².